The van der Waals surface area contributed by atoms with E-state index in [1.807, 2.05) is 24.4 Å². The second-order valence-electron chi connectivity index (χ2n) is 6.01. The normalized spacial score (nSPS) is 14.3. The van der Waals surface area contributed by atoms with E-state index in [4.69, 9.17) is 4.74 Å². The van der Waals surface area contributed by atoms with Crippen LogP contribution in [0, 0.1) is 0 Å². The molecule has 2 aliphatic heterocycles. The first-order valence-corrected chi connectivity index (χ1v) is 8.16. The van der Waals surface area contributed by atoms with Crippen molar-refractivity contribution in [3.63, 3.8) is 0 Å². The van der Waals surface area contributed by atoms with Gasteiger partial charge in [0.25, 0.3) is 5.69 Å². The SMILES string of the molecule is COc1ccc(CCNc2cc3c4c(c2O)[NH+]=CC=4CCN=3)cc1. The summed E-state index contributed by atoms with van der Waals surface area (Å²) in [6.07, 6.45) is 3.77. The molecule has 0 spiro atoms. The number of phenolic OH excluding ortho intramolecular Hbond substituents is 1. The summed E-state index contributed by atoms with van der Waals surface area (Å²) in [7, 11) is 1.67. The highest BCUT2D eigenvalue weighted by atomic mass is 16.5. The Morgan fingerprint density at radius 3 is 2.92 bits per heavy atom. The van der Waals surface area contributed by atoms with Crippen molar-refractivity contribution < 1.29 is 14.8 Å². The summed E-state index contributed by atoms with van der Waals surface area (Å²) in [5.74, 6) is 1.13. The van der Waals surface area contributed by atoms with Crippen molar-refractivity contribution in [2.75, 3.05) is 25.5 Å². The molecule has 2 aliphatic rings. The number of benzene rings is 2. The lowest BCUT2D eigenvalue weighted by molar-refractivity contribution is -0.345. The lowest BCUT2D eigenvalue weighted by Crippen LogP contribution is -2.61. The summed E-state index contributed by atoms with van der Waals surface area (Å²) < 4.78 is 5.17. The standard InChI is InChI=1S/C19H19N3O2/c1-24-14-4-2-12(3-5-14)6-8-21-16-10-15-17-13(7-9-20-15)11-22-18(17)19(16)23/h2-5,10-11,21,23H,6-9H2,1H3/p+1. The van der Waals surface area contributed by atoms with Crippen molar-refractivity contribution in [1.29, 1.82) is 0 Å². The highest BCUT2D eigenvalue weighted by molar-refractivity contribution is 6.02. The van der Waals surface area contributed by atoms with Gasteiger partial charge in [0.2, 0.25) is 5.75 Å². The number of phenols is 1. The molecule has 2 aromatic rings. The van der Waals surface area contributed by atoms with Crippen LogP contribution >= 0.6 is 0 Å². The third kappa shape index (κ3) is 2.52. The monoisotopic (exact) mass is 322 g/mol. The van der Waals surface area contributed by atoms with Gasteiger partial charge in [-0.05, 0) is 36.6 Å². The van der Waals surface area contributed by atoms with Gasteiger partial charge in [0, 0.05) is 18.7 Å². The quantitative estimate of drug-likeness (QED) is 0.680. The Kier molecular flexibility index (Phi) is 3.69. The molecule has 4 rings (SSSR count). The fourth-order valence-electron chi connectivity index (χ4n) is 3.24. The van der Waals surface area contributed by atoms with Crippen LogP contribution < -0.4 is 25.6 Å². The van der Waals surface area contributed by atoms with Gasteiger partial charge in [0.1, 0.15) is 5.75 Å². The number of nitrogens with one attached hydrogen (secondary N) is 2. The molecule has 0 saturated heterocycles. The molecule has 0 bridgehead atoms. The number of anilines is 1. The molecule has 122 valence electrons. The van der Waals surface area contributed by atoms with E-state index in [0.29, 0.717) is 0 Å². The van der Waals surface area contributed by atoms with Crippen molar-refractivity contribution in [3.8, 4) is 11.5 Å². The number of ether oxygens (including phenoxy) is 1. The van der Waals surface area contributed by atoms with Crippen LogP contribution in [0.5, 0.6) is 11.5 Å². The molecular weight excluding hydrogens is 302 g/mol. The molecule has 0 aliphatic carbocycles. The molecule has 24 heavy (non-hydrogen) atoms. The Morgan fingerprint density at radius 1 is 1.29 bits per heavy atom. The largest absolute Gasteiger partial charge is 0.501 e. The van der Waals surface area contributed by atoms with E-state index in [1.165, 1.54) is 11.1 Å². The summed E-state index contributed by atoms with van der Waals surface area (Å²) in [4.78, 5) is 7.77. The molecule has 2 heterocycles. The Balaban J connectivity index is 1.53. The van der Waals surface area contributed by atoms with Crippen molar-refractivity contribution in [2.45, 2.75) is 12.8 Å². The zero-order valence-corrected chi connectivity index (χ0v) is 13.6. The molecule has 0 saturated carbocycles. The third-order valence-corrected chi connectivity index (χ3v) is 4.54. The third-order valence-electron chi connectivity index (χ3n) is 4.54. The summed E-state index contributed by atoms with van der Waals surface area (Å²) >= 11 is 0. The van der Waals surface area contributed by atoms with E-state index in [-0.39, 0.29) is 5.75 Å². The van der Waals surface area contributed by atoms with Gasteiger partial charge in [0.05, 0.1) is 23.4 Å². The highest BCUT2D eigenvalue weighted by Crippen LogP contribution is 2.26. The molecule has 0 amide bonds. The molecule has 5 heteroatoms. The van der Waals surface area contributed by atoms with E-state index in [0.717, 1.165) is 53.6 Å². The lowest BCUT2D eigenvalue weighted by atomic mass is 10.1. The van der Waals surface area contributed by atoms with Crippen LogP contribution in [0.3, 0.4) is 0 Å². The summed E-state index contributed by atoms with van der Waals surface area (Å²) in [6, 6.07) is 9.98. The maximum atomic E-state index is 10.5. The molecule has 3 N–H and O–H groups in total. The van der Waals surface area contributed by atoms with E-state index < -0.39 is 0 Å². The summed E-state index contributed by atoms with van der Waals surface area (Å²) in [6.45, 7) is 1.54. The van der Waals surface area contributed by atoms with E-state index in [2.05, 4.69) is 27.4 Å². The average Bonchev–Trinajstić information content (AvgIpc) is 3.05. The van der Waals surface area contributed by atoms with Crippen molar-refractivity contribution in [1.82, 2.24) is 0 Å². The molecule has 0 atom stereocenters. The first kappa shape index (κ1) is 14.8. The van der Waals surface area contributed by atoms with Crippen LogP contribution in [0.2, 0.25) is 0 Å². The Hall–Kier alpha value is -2.82. The Morgan fingerprint density at radius 2 is 2.12 bits per heavy atom. The number of hydrogen-bond acceptors (Lipinski definition) is 4. The smallest absolute Gasteiger partial charge is 0.257 e. The van der Waals surface area contributed by atoms with Crippen molar-refractivity contribution >= 4 is 23.2 Å². The average molecular weight is 322 g/mol. The fourth-order valence-corrected chi connectivity index (χ4v) is 3.24. The van der Waals surface area contributed by atoms with Crippen LogP contribution in [0.1, 0.15) is 12.0 Å². The molecule has 0 aromatic heterocycles. The highest BCUT2D eigenvalue weighted by Gasteiger charge is 2.24. The van der Waals surface area contributed by atoms with Crippen LogP contribution in [-0.2, 0) is 6.42 Å². The number of aromatic hydroxyl groups is 1. The van der Waals surface area contributed by atoms with Gasteiger partial charge in [-0.1, -0.05) is 12.1 Å². The van der Waals surface area contributed by atoms with Crippen LogP contribution in [-0.4, -0.2) is 31.5 Å². The van der Waals surface area contributed by atoms with Crippen LogP contribution in [0.25, 0.3) is 5.57 Å². The maximum Gasteiger partial charge on any atom is 0.257 e. The minimum Gasteiger partial charge on any atom is -0.501 e. The minimum absolute atomic E-state index is 0.270. The fraction of sp³-hybridized carbons (Fsp3) is 0.263. The molecule has 2 aromatic carbocycles. The summed E-state index contributed by atoms with van der Waals surface area (Å²) in [5, 5.41) is 15.9. The van der Waals surface area contributed by atoms with E-state index >= 15 is 0 Å². The van der Waals surface area contributed by atoms with Gasteiger partial charge in [-0.2, -0.15) is 0 Å². The zero-order valence-electron chi connectivity index (χ0n) is 13.6. The molecule has 0 radical (unpaired) electrons. The maximum absolute atomic E-state index is 10.5. The number of methoxy groups -OCH3 is 1. The predicted molar refractivity (Wildman–Crippen MR) is 93.7 cm³/mol. The zero-order chi connectivity index (χ0) is 16.5. The van der Waals surface area contributed by atoms with Gasteiger partial charge in [-0.15, -0.1) is 0 Å². The van der Waals surface area contributed by atoms with Crippen LogP contribution in [0.15, 0.2) is 35.3 Å². The first-order chi connectivity index (χ1) is 11.8. The Labute approximate surface area is 140 Å². The van der Waals surface area contributed by atoms with Gasteiger partial charge >= 0.3 is 0 Å². The number of rotatable bonds is 5. The molecule has 0 unspecified atom stereocenters. The molecule has 0 fully saturated rings. The van der Waals surface area contributed by atoms with Gasteiger partial charge in [0.15, 0.2) is 6.21 Å². The number of hydrogen-bond donors (Lipinski definition) is 3. The predicted octanol–water partition coefficient (Wildman–Crippen LogP) is 0.0259. The molecule has 5 nitrogen and oxygen atoms in total. The van der Waals surface area contributed by atoms with Gasteiger partial charge in [-0.3, -0.25) is 4.99 Å². The second-order valence-corrected chi connectivity index (χ2v) is 6.01. The summed E-state index contributed by atoms with van der Waals surface area (Å²) in [5.41, 5.74) is 3.95. The lowest BCUT2D eigenvalue weighted by Gasteiger charge is -2.10. The van der Waals surface area contributed by atoms with E-state index in [1.54, 1.807) is 7.11 Å². The van der Waals surface area contributed by atoms with E-state index in [9.17, 15) is 5.11 Å². The number of nitrogens with zero attached hydrogens (tertiary/aromatic N) is 1. The molecular formula is C19H20N3O2+. The van der Waals surface area contributed by atoms with Crippen LogP contribution in [0.4, 0.5) is 11.4 Å². The topological polar surface area (TPSA) is 67.8 Å². The van der Waals surface area contributed by atoms with Gasteiger partial charge < -0.3 is 15.2 Å². The van der Waals surface area contributed by atoms with Crippen molar-refractivity contribution in [3.05, 3.63) is 46.5 Å². The second kappa shape index (κ2) is 6.00. The Bertz CT molecular complexity index is 931. The van der Waals surface area contributed by atoms with Gasteiger partial charge in [-0.25, -0.2) is 4.99 Å². The first-order valence-electron chi connectivity index (χ1n) is 8.16. The van der Waals surface area contributed by atoms with Crippen molar-refractivity contribution in [2.24, 2.45) is 4.99 Å². The minimum atomic E-state index is 0.270.